The molecular weight excluding hydrogens is 282 g/mol. The fourth-order valence-electron chi connectivity index (χ4n) is 2.30. The molecule has 0 fully saturated rings. The topological polar surface area (TPSA) is 40.7 Å². The number of aryl methyl sites for hydroxylation is 1. The molecule has 21 heavy (non-hydrogen) atoms. The molecule has 0 aliphatic heterocycles. The second-order valence-electron chi connectivity index (χ2n) is 5.26. The summed E-state index contributed by atoms with van der Waals surface area (Å²) in [4.78, 5) is 7.86. The summed E-state index contributed by atoms with van der Waals surface area (Å²) >= 11 is 5.97. The van der Waals surface area contributed by atoms with E-state index in [1.807, 2.05) is 18.2 Å². The summed E-state index contributed by atoms with van der Waals surface area (Å²) in [6.07, 6.45) is 0.873. The molecule has 2 aromatic carbocycles. The average molecular weight is 300 g/mol. The van der Waals surface area contributed by atoms with Crippen LogP contribution >= 0.6 is 11.6 Å². The zero-order chi connectivity index (χ0) is 14.7. The van der Waals surface area contributed by atoms with E-state index in [1.165, 1.54) is 11.1 Å². The van der Waals surface area contributed by atoms with Gasteiger partial charge in [-0.25, -0.2) is 4.98 Å². The van der Waals surface area contributed by atoms with E-state index in [0.29, 0.717) is 0 Å². The average Bonchev–Trinajstić information content (AvgIpc) is 2.87. The lowest BCUT2D eigenvalue weighted by molar-refractivity contribution is 0.675. The number of nitrogens with one attached hydrogen (secondary N) is 2. The van der Waals surface area contributed by atoms with Gasteiger partial charge in [-0.3, -0.25) is 0 Å². The van der Waals surface area contributed by atoms with Crippen LogP contribution in [0.2, 0.25) is 5.02 Å². The van der Waals surface area contributed by atoms with E-state index in [0.717, 1.165) is 41.4 Å². The summed E-state index contributed by atoms with van der Waals surface area (Å²) in [6.45, 7) is 3.87. The molecule has 3 rings (SSSR count). The molecule has 1 heterocycles. The minimum absolute atomic E-state index is 0.732. The van der Waals surface area contributed by atoms with Crippen LogP contribution in [0.3, 0.4) is 0 Å². The highest BCUT2D eigenvalue weighted by Crippen LogP contribution is 2.17. The minimum atomic E-state index is 0.732. The fourth-order valence-corrected chi connectivity index (χ4v) is 2.47. The van der Waals surface area contributed by atoms with Crippen LogP contribution in [0.25, 0.3) is 11.0 Å². The molecule has 0 atom stereocenters. The summed E-state index contributed by atoms with van der Waals surface area (Å²) in [5.41, 5.74) is 4.56. The number of halogens is 1. The molecule has 1 aromatic heterocycles. The maximum Gasteiger partial charge on any atom is 0.108 e. The van der Waals surface area contributed by atoms with E-state index in [4.69, 9.17) is 11.6 Å². The monoisotopic (exact) mass is 299 g/mol. The van der Waals surface area contributed by atoms with Crippen molar-refractivity contribution in [3.05, 3.63) is 64.4 Å². The van der Waals surface area contributed by atoms with Gasteiger partial charge in [0.05, 0.1) is 11.0 Å². The van der Waals surface area contributed by atoms with Crippen molar-refractivity contribution in [2.24, 2.45) is 0 Å². The Morgan fingerprint density at radius 2 is 1.95 bits per heavy atom. The normalized spacial score (nSPS) is 11.1. The number of hydrogen-bond acceptors (Lipinski definition) is 2. The molecule has 0 spiro atoms. The maximum atomic E-state index is 5.97. The van der Waals surface area contributed by atoms with E-state index in [2.05, 4.69) is 46.5 Å². The standard InChI is InChI=1S/C17H18ClN3/c1-12-2-4-13(5-3-12)11-19-9-8-17-20-15-7-6-14(18)10-16(15)21-17/h2-7,10,19H,8-9,11H2,1H3,(H,20,21). The van der Waals surface area contributed by atoms with Crippen LogP contribution in [0.15, 0.2) is 42.5 Å². The quantitative estimate of drug-likeness (QED) is 0.702. The second kappa shape index (κ2) is 6.29. The van der Waals surface area contributed by atoms with Crippen molar-refractivity contribution in [2.75, 3.05) is 6.54 Å². The zero-order valence-corrected chi connectivity index (χ0v) is 12.7. The van der Waals surface area contributed by atoms with E-state index in [1.54, 1.807) is 0 Å². The number of benzene rings is 2. The first-order chi connectivity index (χ1) is 10.2. The predicted octanol–water partition coefficient (Wildman–Crippen LogP) is 3.86. The van der Waals surface area contributed by atoms with Crippen molar-refractivity contribution < 1.29 is 0 Å². The van der Waals surface area contributed by atoms with Gasteiger partial charge < -0.3 is 10.3 Å². The highest BCUT2D eigenvalue weighted by atomic mass is 35.5. The van der Waals surface area contributed by atoms with E-state index < -0.39 is 0 Å². The molecule has 0 unspecified atom stereocenters. The Labute approximate surface area is 129 Å². The van der Waals surface area contributed by atoms with Gasteiger partial charge in [0.25, 0.3) is 0 Å². The third-order valence-electron chi connectivity index (χ3n) is 3.48. The molecule has 2 N–H and O–H groups in total. The van der Waals surface area contributed by atoms with E-state index in [9.17, 15) is 0 Å². The Morgan fingerprint density at radius 1 is 1.14 bits per heavy atom. The summed E-state index contributed by atoms with van der Waals surface area (Å²) in [5.74, 6) is 0.990. The van der Waals surface area contributed by atoms with Gasteiger partial charge in [-0.2, -0.15) is 0 Å². The molecule has 3 nitrogen and oxygen atoms in total. The first-order valence-corrected chi connectivity index (χ1v) is 7.49. The SMILES string of the molecule is Cc1ccc(CNCCc2nc3ccc(Cl)cc3[nH]2)cc1. The van der Waals surface area contributed by atoms with Crippen LogP contribution in [0.1, 0.15) is 17.0 Å². The Balaban J connectivity index is 1.53. The molecule has 108 valence electrons. The van der Waals surface area contributed by atoms with Crippen molar-refractivity contribution in [3.8, 4) is 0 Å². The zero-order valence-electron chi connectivity index (χ0n) is 12.0. The van der Waals surface area contributed by atoms with E-state index >= 15 is 0 Å². The number of rotatable bonds is 5. The number of nitrogens with zero attached hydrogens (tertiary/aromatic N) is 1. The van der Waals surface area contributed by atoms with Crippen molar-refractivity contribution in [1.82, 2.24) is 15.3 Å². The van der Waals surface area contributed by atoms with Gasteiger partial charge in [0.1, 0.15) is 5.82 Å². The number of hydrogen-bond donors (Lipinski definition) is 2. The van der Waals surface area contributed by atoms with Gasteiger partial charge in [0.2, 0.25) is 0 Å². The number of H-pyrrole nitrogens is 1. The van der Waals surface area contributed by atoms with Crippen molar-refractivity contribution in [1.29, 1.82) is 0 Å². The molecule has 0 aliphatic rings. The van der Waals surface area contributed by atoms with Gasteiger partial charge in [-0.05, 0) is 30.7 Å². The summed E-state index contributed by atoms with van der Waals surface area (Å²) in [6, 6.07) is 14.3. The van der Waals surface area contributed by atoms with Crippen molar-refractivity contribution in [3.63, 3.8) is 0 Å². The van der Waals surface area contributed by atoms with Gasteiger partial charge in [-0.1, -0.05) is 41.4 Å². The first kappa shape index (κ1) is 14.1. The molecule has 0 aliphatic carbocycles. The van der Waals surface area contributed by atoms with Gasteiger partial charge >= 0.3 is 0 Å². The second-order valence-corrected chi connectivity index (χ2v) is 5.69. The van der Waals surface area contributed by atoms with Crippen LogP contribution in [0, 0.1) is 6.92 Å². The maximum absolute atomic E-state index is 5.97. The van der Waals surface area contributed by atoms with E-state index in [-0.39, 0.29) is 0 Å². The van der Waals surface area contributed by atoms with Gasteiger partial charge in [0.15, 0.2) is 0 Å². The minimum Gasteiger partial charge on any atom is -0.342 e. The van der Waals surface area contributed by atoms with Crippen LogP contribution in [-0.4, -0.2) is 16.5 Å². The number of fused-ring (bicyclic) bond motifs is 1. The lowest BCUT2D eigenvalue weighted by Crippen LogP contribution is -2.17. The lowest BCUT2D eigenvalue weighted by Gasteiger charge is -2.04. The molecule has 0 saturated carbocycles. The molecule has 3 aromatic rings. The Morgan fingerprint density at radius 3 is 2.76 bits per heavy atom. The molecule has 0 bridgehead atoms. The van der Waals surface area contributed by atoms with Crippen LogP contribution in [0.5, 0.6) is 0 Å². The van der Waals surface area contributed by atoms with Crippen LogP contribution in [0.4, 0.5) is 0 Å². The third kappa shape index (κ3) is 3.63. The van der Waals surface area contributed by atoms with Crippen LogP contribution < -0.4 is 5.32 Å². The molecule has 0 radical (unpaired) electrons. The predicted molar refractivity (Wildman–Crippen MR) is 87.7 cm³/mol. The summed E-state index contributed by atoms with van der Waals surface area (Å²) in [5, 5.41) is 4.17. The van der Waals surface area contributed by atoms with Crippen LogP contribution in [-0.2, 0) is 13.0 Å². The van der Waals surface area contributed by atoms with Gasteiger partial charge in [0, 0.05) is 24.5 Å². The largest absolute Gasteiger partial charge is 0.342 e. The molecule has 4 heteroatoms. The molecule has 0 saturated heterocycles. The highest BCUT2D eigenvalue weighted by molar-refractivity contribution is 6.31. The van der Waals surface area contributed by atoms with Crippen molar-refractivity contribution >= 4 is 22.6 Å². The lowest BCUT2D eigenvalue weighted by atomic mass is 10.1. The molecular formula is C17H18ClN3. The molecule has 0 amide bonds. The highest BCUT2D eigenvalue weighted by Gasteiger charge is 2.03. The number of aromatic nitrogens is 2. The first-order valence-electron chi connectivity index (χ1n) is 7.11. The summed E-state index contributed by atoms with van der Waals surface area (Å²) in [7, 11) is 0. The fraction of sp³-hybridized carbons (Fsp3) is 0.235. The summed E-state index contributed by atoms with van der Waals surface area (Å²) < 4.78 is 0. The van der Waals surface area contributed by atoms with Gasteiger partial charge in [-0.15, -0.1) is 0 Å². The number of imidazole rings is 1. The third-order valence-corrected chi connectivity index (χ3v) is 3.72. The smallest absolute Gasteiger partial charge is 0.108 e. The Bertz CT molecular complexity index is 731. The Hall–Kier alpha value is -1.84. The Kier molecular flexibility index (Phi) is 4.23. The number of aromatic amines is 1. The van der Waals surface area contributed by atoms with Crippen molar-refractivity contribution in [2.45, 2.75) is 19.9 Å².